The Morgan fingerprint density at radius 1 is 0.675 bits per heavy atom. The van der Waals surface area contributed by atoms with E-state index in [2.05, 4.69) is 10.0 Å². The summed E-state index contributed by atoms with van der Waals surface area (Å²) in [7, 11) is -3.43. The molecular formula is C32H36N2O5S. The van der Waals surface area contributed by atoms with Gasteiger partial charge in [0, 0.05) is 12.2 Å². The second kappa shape index (κ2) is 15.1. The molecule has 7 nitrogen and oxygen atoms in total. The molecule has 1 atom stereocenters. The summed E-state index contributed by atoms with van der Waals surface area (Å²) in [5, 5.41) is 13.5. The fourth-order valence-electron chi connectivity index (χ4n) is 3.99. The van der Waals surface area contributed by atoms with Crippen molar-refractivity contribution >= 4 is 15.7 Å². The van der Waals surface area contributed by atoms with Crippen LogP contribution in [-0.2, 0) is 29.5 Å². The molecule has 0 bridgehead atoms. The molecule has 0 aromatic heterocycles. The van der Waals surface area contributed by atoms with Crippen molar-refractivity contribution in [1.82, 2.24) is 5.32 Å². The van der Waals surface area contributed by atoms with Gasteiger partial charge >= 0.3 is 0 Å². The molecule has 4 rings (SSSR count). The van der Waals surface area contributed by atoms with Gasteiger partial charge < -0.3 is 19.9 Å². The molecule has 0 saturated heterocycles. The molecule has 0 amide bonds. The average molecular weight is 561 g/mol. The first-order chi connectivity index (χ1) is 19.4. The smallest absolute Gasteiger partial charge is 0.233 e. The van der Waals surface area contributed by atoms with Crippen LogP contribution < -0.4 is 19.5 Å². The lowest BCUT2D eigenvalue weighted by molar-refractivity contribution is 0.106. The van der Waals surface area contributed by atoms with Crippen LogP contribution >= 0.6 is 0 Å². The van der Waals surface area contributed by atoms with Crippen LogP contribution in [0.1, 0.15) is 16.7 Å². The Labute approximate surface area is 236 Å². The van der Waals surface area contributed by atoms with Crippen molar-refractivity contribution in [3.63, 3.8) is 0 Å². The molecule has 4 aromatic carbocycles. The Hall–Kier alpha value is -3.85. The maximum atomic E-state index is 12.4. The molecule has 0 fully saturated rings. The fourth-order valence-corrected chi connectivity index (χ4v) is 5.09. The van der Waals surface area contributed by atoms with Crippen molar-refractivity contribution in [1.29, 1.82) is 0 Å². The fraction of sp³-hybridized carbons (Fsp3) is 0.250. The molecule has 0 radical (unpaired) electrons. The molecule has 3 N–H and O–H groups in total. The van der Waals surface area contributed by atoms with Gasteiger partial charge in [-0.15, -0.1) is 0 Å². The van der Waals surface area contributed by atoms with Crippen molar-refractivity contribution in [2.75, 3.05) is 30.2 Å². The molecule has 8 heteroatoms. The molecule has 0 aliphatic carbocycles. The van der Waals surface area contributed by atoms with E-state index in [1.54, 1.807) is 12.1 Å². The number of benzene rings is 4. The van der Waals surface area contributed by atoms with E-state index in [0.29, 0.717) is 37.6 Å². The van der Waals surface area contributed by atoms with Crippen LogP contribution in [0.15, 0.2) is 109 Å². The van der Waals surface area contributed by atoms with Crippen LogP contribution in [0.3, 0.4) is 0 Å². The van der Waals surface area contributed by atoms with E-state index in [0.717, 1.165) is 28.9 Å². The SMILES string of the molecule is O=S(=O)(CCc1ccccc1)Nc1ccc(CCNCC(O)COc2ccc(OCc3ccccc3)cc2)cc1. The minimum absolute atomic E-state index is 0.0310. The van der Waals surface area contributed by atoms with E-state index < -0.39 is 16.1 Å². The summed E-state index contributed by atoms with van der Waals surface area (Å²) in [6.07, 6.45) is 0.563. The molecule has 0 aliphatic rings. The average Bonchev–Trinajstić information content (AvgIpc) is 2.98. The van der Waals surface area contributed by atoms with Crippen LogP contribution in [0.5, 0.6) is 11.5 Å². The van der Waals surface area contributed by atoms with Gasteiger partial charge in [0.15, 0.2) is 0 Å². The van der Waals surface area contributed by atoms with Crippen molar-refractivity contribution in [3.05, 3.63) is 126 Å². The number of rotatable bonds is 16. The molecule has 0 aliphatic heterocycles. The third-order valence-corrected chi connectivity index (χ3v) is 7.50. The normalized spacial score (nSPS) is 12.0. The van der Waals surface area contributed by atoms with E-state index in [1.807, 2.05) is 97.1 Å². The third kappa shape index (κ3) is 10.4. The van der Waals surface area contributed by atoms with Gasteiger partial charge in [-0.2, -0.15) is 0 Å². The maximum Gasteiger partial charge on any atom is 0.233 e. The third-order valence-electron chi connectivity index (χ3n) is 6.21. The highest BCUT2D eigenvalue weighted by Gasteiger charge is 2.11. The predicted octanol–water partition coefficient (Wildman–Crippen LogP) is 4.82. The van der Waals surface area contributed by atoms with Crippen LogP contribution in [0.25, 0.3) is 0 Å². The number of ether oxygens (including phenoxy) is 2. The Kier molecular flexibility index (Phi) is 11.0. The Balaban J connectivity index is 1.09. The summed E-state index contributed by atoms with van der Waals surface area (Å²) in [5.74, 6) is 1.46. The zero-order valence-corrected chi connectivity index (χ0v) is 23.2. The monoisotopic (exact) mass is 560 g/mol. The molecule has 4 aromatic rings. The Bertz CT molecular complexity index is 1380. The molecule has 0 spiro atoms. The van der Waals surface area contributed by atoms with Gasteiger partial charge in [-0.3, -0.25) is 4.72 Å². The number of nitrogens with one attached hydrogen (secondary N) is 2. The molecule has 0 saturated carbocycles. The van der Waals surface area contributed by atoms with Crippen LogP contribution in [0.2, 0.25) is 0 Å². The number of hydrogen-bond acceptors (Lipinski definition) is 6. The van der Waals surface area contributed by atoms with E-state index >= 15 is 0 Å². The van der Waals surface area contributed by atoms with E-state index in [4.69, 9.17) is 9.47 Å². The highest BCUT2D eigenvalue weighted by atomic mass is 32.2. The van der Waals surface area contributed by atoms with Gasteiger partial charge in [0.1, 0.15) is 30.8 Å². The molecular weight excluding hydrogens is 524 g/mol. The second-order valence-electron chi connectivity index (χ2n) is 9.52. The van der Waals surface area contributed by atoms with Crippen LogP contribution in [0, 0.1) is 0 Å². The first kappa shape index (κ1) is 29.1. The van der Waals surface area contributed by atoms with Gasteiger partial charge in [0.2, 0.25) is 10.0 Å². The lowest BCUT2D eigenvalue weighted by Crippen LogP contribution is -2.32. The predicted molar refractivity (Wildman–Crippen MR) is 159 cm³/mol. The summed E-state index contributed by atoms with van der Waals surface area (Å²) < 4.78 is 38.9. The van der Waals surface area contributed by atoms with Crippen molar-refractivity contribution in [2.45, 2.75) is 25.6 Å². The lowest BCUT2D eigenvalue weighted by atomic mass is 10.1. The quantitative estimate of drug-likeness (QED) is 0.170. The summed E-state index contributed by atoms with van der Waals surface area (Å²) in [6, 6.07) is 34.3. The largest absolute Gasteiger partial charge is 0.491 e. The number of sulfonamides is 1. The highest BCUT2D eigenvalue weighted by molar-refractivity contribution is 7.92. The molecule has 210 valence electrons. The van der Waals surface area contributed by atoms with Crippen molar-refractivity contribution in [2.24, 2.45) is 0 Å². The number of aliphatic hydroxyl groups is 1. The Morgan fingerprint density at radius 3 is 1.90 bits per heavy atom. The van der Waals surface area contributed by atoms with Gasteiger partial charge in [0.25, 0.3) is 0 Å². The molecule has 0 heterocycles. The van der Waals surface area contributed by atoms with Gasteiger partial charge in [-0.1, -0.05) is 72.8 Å². The lowest BCUT2D eigenvalue weighted by Gasteiger charge is -2.14. The summed E-state index contributed by atoms with van der Waals surface area (Å²) >= 11 is 0. The maximum absolute atomic E-state index is 12.4. The van der Waals surface area contributed by atoms with E-state index in [1.165, 1.54) is 0 Å². The minimum atomic E-state index is -3.43. The van der Waals surface area contributed by atoms with E-state index in [-0.39, 0.29) is 12.4 Å². The molecule has 1 unspecified atom stereocenters. The number of aryl methyl sites for hydroxylation is 1. The van der Waals surface area contributed by atoms with Crippen molar-refractivity contribution in [3.8, 4) is 11.5 Å². The topological polar surface area (TPSA) is 96.9 Å². The first-order valence-corrected chi connectivity index (χ1v) is 15.0. The molecule has 40 heavy (non-hydrogen) atoms. The van der Waals surface area contributed by atoms with Gasteiger partial charge in [-0.05, 0) is 72.5 Å². The van der Waals surface area contributed by atoms with Gasteiger partial charge in [-0.25, -0.2) is 8.42 Å². The number of aliphatic hydroxyl groups excluding tert-OH is 1. The summed E-state index contributed by atoms with van der Waals surface area (Å²) in [4.78, 5) is 0. The number of anilines is 1. The first-order valence-electron chi connectivity index (χ1n) is 13.4. The summed E-state index contributed by atoms with van der Waals surface area (Å²) in [6.45, 7) is 1.75. The van der Waals surface area contributed by atoms with Crippen molar-refractivity contribution < 1.29 is 23.0 Å². The Morgan fingerprint density at radius 2 is 1.25 bits per heavy atom. The number of hydrogen-bond donors (Lipinski definition) is 3. The standard InChI is InChI=1S/C32H36N2O5S/c35-30(25-39-32-17-15-31(16-18-32)38-24-28-9-5-2-6-10-28)23-33-21-19-27-11-13-29(14-12-27)34-40(36,37)22-20-26-7-3-1-4-8-26/h1-18,30,33-35H,19-25H2. The van der Waals surface area contributed by atoms with E-state index in [9.17, 15) is 13.5 Å². The highest BCUT2D eigenvalue weighted by Crippen LogP contribution is 2.19. The zero-order chi connectivity index (χ0) is 28.0. The van der Waals surface area contributed by atoms with Crippen LogP contribution in [0.4, 0.5) is 5.69 Å². The minimum Gasteiger partial charge on any atom is -0.491 e. The van der Waals surface area contributed by atoms with Gasteiger partial charge in [0.05, 0.1) is 5.75 Å². The second-order valence-corrected chi connectivity index (χ2v) is 11.4. The zero-order valence-electron chi connectivity index (χ0n) is 22.4. The van der Waals surface area contributed by atoms with Crippen LogP contribution in [-0.4, -0.2) is 45.1 Å². The summed E-state index contributed by atoms with van der Waals surface area (Å²) in [5.41, 5.74) is 3.72.